The van der Waals surface area contributed by atoms with E-state index in [4.69, 9.17) is 0 Å². The van der Waals surface area contributed by atoms with E-state index in [9.17, 15) is 0 Å². The van der Waals surface area contributed by atoms with E-state index >= 15 is 0 Å². The summed E-state index contributed by atoms with van der Waals surface area (Å²) in [5, 5.41) is 0. The molecule has 0 aliphatic carbocycles. The second-order valence-electron chi connectivity index (χ2n) is 0. The van der Waals surface area contributed by atoms with Crippen LogP contribution in [-0.4, -0.2) is 5.48 Å². The molecule has 4 heteroatoms. The SMILES string of the molecule is [Li+].[Li+].[OH-].[SH-]. The quantitative estimate of drug-likeness (QED) is 0.159. The Bertz CT molecular complexity index is 6.00. The Morgan fingerprint density at radius 3 is 0.750 bits per heavy atom. The fourth-order valence-electron chi connectivity index (χ4n) is 0. The van der Waals surface area contributed by atoms with E-state index in [1.54, 1.807) is 0 Å². The molecule has 4 heavy (non-hydrogen) atoms. The van der Waals surface area contributed by atoms with Crippen LogP contribution in [0.2, 0.25) is 0 Å². The molecule has 0 aromatic carbocycles. The first-order valence-electron chi connectivity index (χ1n) is 0. The number of hydrogen-bond acceptors (Lipinski definition) is 2. The van der Waals surface area contributed by atoms with Gasteiger partial charge in [0.05, 0.1) is 0 Å². The third kappa shape index (κ3) is 9.71. The first-order valence-corrected chi connectivity index (χ1v) is 0. The first kappa shape index (κ1) is 49.3. The molecule has 16 valence electrons. The molecule has 0 spiro atoms. The maximum atomic E-state index is 0. The Morgan fingerprint density at radius 2 is 0.750 bits per heavy atom. The van der Waals surface area contributed by atoms with Gasteiger partial charge in [0.25, 0.3) is 0 Å². The molecule has 0 rings (SSSR count). The number of hydrogen-bond donors (Lipinski definition) is 0. The van der Waals surface area contributed by atoms with Gasteiger partial charge in [-0.2, -0.15) is 0 Å². The van der Waals surface area contributed by atoms with Crippen molar-refractivity contribution in [3.05, 3.63) is 0 Å². The van der Waals surface area contributed by atoms with E-state index in [2.05, 4.69) is 0 Å². The van der Waals surface area contributed by atoms with Gasteiger partial charge >= 0.3 is 37.7 Å². The maximum Gasteiger partial charge on any atom is 1.00 e. The number of thiol groups is 1. The Hall–Kier alpha value is 1.50. The molecule has 0 saturated heterocycles. The zero-order valence-electron chi connectivity index (χ0n) is 2.89. The van der Waals surface area contributed by atoms with Crippen LogP contribution < -0.4 is 37.7 Å². The molecule has 1 nitrogen and oxygen atoms in total. The van der Waals surface area contributed by atoms with Gasteiger partial charge in [0, 0.05) is 0 Å². The molecule has 0 atom stereocenters. The summed E-state index contributed by atoms with van der Waals surface area (Å²) in [4.78, 5) is 0. The van der Waals surface area contributed by atoms with Gasteiger partial charge in [-0.25, -0.2) is 0 Å². The van der Waals surface area contributed by atoms with Crippen LogP contribution in [0.4, 0.5) is 0 Å². The standard InChI is InChI=1S/2Li.H2O.H2S/h;;2*1H2/q2*+1;;/p-2. The van der Waals surface area contributed by atoms with Gasteiger partial charge < -0.3 is 19.0 Å². The van der Waals surface area contributed by atoms with Crippen molar-refractivity contribution >= 4 is 13.5 Å². The molecule has 0 radical (unpaired) electrons. The third-order valence-corrected chi connectivity index (χ3v) is 0. The van der Waals surface area contributed by atoms with Crippen molar-refractivity contribution in [2.45, 2.75) is 0 Å². The summed E-state index contributed by atoms with van der Waals surface area (Å²) in [5.74, 6) is 0. The molecule has 1 N–H and O–H groups in total. The molecule has 0 aromatic rings. The molecule has 0 fully saturated rings. The minimum atomic E-state index is 0. The second-order valence-corrected chi connectivity index (χ2v) is 0. The smallest absolute Gasteiger partial charge is 0.870 e. The fourth-order valence-corrected chi connectivity index (χ4v) is 0. The van der Waals surface area contributed by atoms with E-state index in [1.807, 2.05) is 0 Å². The van der Waals surface area contributed by atoms with Gasteiger partial charge in [-0.3, -0.25) is 0 Å². The summed E-state index contributed by atoms with van der Waals surface area (Å²) < 4.78 is 0. The summed E-state index contributed by atoms with van der Waals surface area (Å²) in [6, 6.07) is 0. The monoisotopic (exact) mass is 64.0 g/mol. The average molecular weight is 64.0 g/mol. The molecule has 0 aliphatic heterocycles. The van der Waals surface area contributed by atoms with Gasteiger partial charge in [0.1, 0.15) is 0 Å². The van der Waals surface area contributed by atoms with E-state index in [1.165, 1.54) is 0 Å². The average Bonchev–Trinajstić information content (AvgIpc) is 0. The van der Waals surface area contributed by atoms with E-state index < -0.39 is 0 Å². The van der Waals surface area contributed by atoms with Crippen LogP contribution in [0.1, 0.15) is 0 Å². The van der Waals surface area contributed by atoms with Crippen LogP contribution in [0.3, 0.4) is 0 Å². The van der Waals surface area contributed by atoms with Crippen molar-refractivity contribution in [1.82, 2.24) is 0 Å². The molecule has 0 unspecified atom stereocenters. The summed E-state index contributed by atoms with van der Waals surface area (Å²) >= 11 is 0. The molecule has 0 heterocycles. The zero-order chi connectivity index (χ0) is 0. The summed E-state index contributed by atoms with van der Waals surface area (Å²) in [6.45, 7) is 0. The molecule has 0 amide bonds. The Morgan fingerprint density at radius 1 is 0.750 bits per heavy atom. The summed E-state index contributed by atoms with van der Waals surface area (Å²) in [6.07, 6.45) is 0. The van der Waals surface area contributed by atoms with Gasteiger partial charge in [0.15, 0.2) is 0 Å². The largest absolute Gasteiger partial charge is 1.00 e. The van der Waals surface area contributed by atoms with Crippen LogP contribution >= 0.6 is 0 Å². The topological polar surface area (TPSA) is 30.0 Å². The van der Waals surface area contributed by atoms with Crippen molar-refractivity contribution < 1.29 is 43.2 Å². The van der Waals surface area contributed by atoms with Crippen molar-refractivity contribution in [3.63, 3.8) is 0 Å². The molecule has 0 aliphatic rings. The van der Waals surface area contributed by atoms with E-state index in [-0.39, 0.29) is 56.7 Å². The minimum Gasteiger partial charge on any atom is -0.870 e. The number of rotatable bonds is 0. The van der Waals surface area contributed by atoms with Crippen LogP contribution in [-0.2, 0) is 13.5 Å². The van der Waals surface area contributed by atoms with Gasteiger partial charge in [0.2, 0.25) is 0 Å². The van der Waals surface area contributed by atoms with Crippen molar-refractivity contribution in [1.29, 1.82) is 0 Å². The molecule has 0 saturated carbocycles. The van der Waals surface area contributed by atoms with Crippen LogP contribution in [0.25, 0.3) is 0 Å². The fraction of sp³-hybridized carbons (Fsp3) is 0. The van der Waals surface area contributed by atoms with E-state index in [0.29, 0.717) is 0 Å². The second kappa shape index (κ2) is 24.4. The van der Waals surface area contributed by atoms with Gasteiger partial charge in [-0.1, -0.05) is 0 Å². The normalized spacial score (nSPS) is 0. The van der Waals surface area contributed by atoms with Gasteiger partial charge in [-0.05, 0) is 0 Å². The van der Waals surface area contributed by atoms with Crippen molar-refractivity contribution in [2.75, 3.05) is 0 Å². The summed E-state index contributed by atoms with van der Waals surface area (Å²) in [7, 11) is 0. The molecular weight excluding hydrogens is 61.9 g/mol. The van der Waals surface area contributed by atoms with Crippen LogP contribution in [0, 0.1) is 0 Å². The Balaban J connectivity index is 0. The summed E-state index contributed by atoms with van der Waals surface area (Å²) in [5.41, 5.74) is 0. The Labute approximate surface area is 56.6 Å². The Kier molecular flexibility index (Phi) is 301. The third-order valence-electron chi connectivity index (χ3n) is 0. The molecule has 0 bridgehead atoms. The van der Waals surface area contributed by atoms with E-state index in [0.717, 1.165) is 0 Å². The zero-order valence-corrected chi connectivity index (χ0v) is 3.79. The van der Waals surface area contributed by atoms with Crippen LogP contribution in [0.5, 0.6) is 0 Å². The predicted octanol–water partition coefficient (Wildman–Crippen LogP) is -6.44. The maximum absolute atomic E-state index is 0. The van der Waals surface area contributed by atoms with Crippen LogP contribution in [0.15, 0.2) is 0 Å². The van der Waals surface area contributed by atoms with Crippen molar-refractivity contribution in [3.8, 4) is 0 Å². The minimum absolute atomic E-state index is 0. The molecular formula is H2Li2OS. The van der Waals surface area contributed by atoms with Crippen molar-refractivity contribution in [2.24, 2.45) is 0 Å². The molecule has 0 aromatic heterocycles. The first-order chi connectivity index (χ1) is 0. The van der Waals surface area contributed by atoms with Gasteiger partial charge in [-0.15, -0.1) is 0 Å². The predicted molar refractivity (Wildman–Crippen MR) is 10.7 cm³/mol.